The third kappa shape index (κ3) is 5.41. The van der Waals surface area contributed by atoms with Crippen molar-refractivity contribution in [2.75, 3.05) is 44.8 Å². The van der Waals surface area contributed by atoms with E-state index < -0.39 is 6.36 Å². The van der Waals surface area contributed by atoms with Gasteiger partial charge in [0.15, 0.2) is 11.5 Å². The Bertz CT molecular complexity index is 989. The highest BCUT2D eigenvalue weighted by molar-refractivity contribution is 5.95. The number of rotatable bonds is 5. The van der Waals surface area contributed by atoms with Crippen LogP contribution in [-0.2, 0) is 4.79 Å². The first-order valence-electron chi connectivity index (χ1n) is 9.84. The lowest BCUT2D eigenvalue weighted by molar-refractivity contribution is -0.274. The molecule has 170 valence electrons. The molecule has 2 aromatic carbocycles. The van der Waals surface area contributed by atoms with Gasteiger partial charge >= 0.3 is 6.36 Å². The van der Waals surface area contributed by atoms with E-state index in [0.29, 0.717) is 48.9 Å². The number of piperazine rings is 1. The molecule has 2 aromatic rings. The maximum absolute atomic E-state index is 12.7. The minimum absolute atomic E-state index is 0.104. The summed E-state index contributed by atoms with van der Waals surface area (Å²) >= 11 is 0. The zero-order valence-corrected chi connectivity index (χ0v) is 16.9. The highest BCUT2D eigenvalue weighted by atomic mass is 19.4. The zero-order valence-electron chi connectivity index (χ0n) is 16.9. The lowest BCUT2D eigenvalue weighted by Gasteiger charge is -2.34. The molecule has 1 N–H and O–H groups in total. The van der Waals surface area contributed by atoms with Crippen LogP contribution in [-0.4, -0.2) is 67.5 Å². The maximum atomic E-state index is 12.7. The Morgan fingerprint density at radius 2 is 1.66 bits per heavy atom. The monoisotopic (exact) mass is 451 g/mol. The number of nitrogens with one attached hydrogen (secondary N) is 1. The Balaban J connectivity index is 1.24. The van der Waals surface area contributed by atoms with Crippen molar-refractivity contribution in [3.8, 4) is 17.2 Å². The van der Waals surface area contributed by atoms with Crippen molar-refractivity contribution in [1.29, 1.82) is 0 Å². The molecule has 1 fully saturated rings. The van der Waals surface area contributed by atoms with Crippen molar-refractivity contribution >= 4 is 17.5 Å². The van der Waals surface area contributed by atoms with E-state index in [1.807, 2.05) is 4.90 Å². The maximum Gasteiger partial charge on any atom is 0.573 e. The molecule has 2 amide bonds. The van der Waals surface area contributed by atoms with Crippen molar-refractivity contribution < 1.29 is 37.0 Å². The van der Waals surface area contributed by atoms with Crippen LogP contribution in [0.2, 0.25) is 0 Å². The number of ether oxygens (including phenoxy) is 3. The molecule has 4 rings (SSSR count). The Hall–Kier alpha value is -3.47. The normalized spacial score (nSPS) is 16.0. The average molecular weight is 451 g/mol. The van der Waals surface area contributed by atoms with Crippen LogP contribution in [0.1, 0.15) is 10.4 Å². The molecular weight excluding hydrogens is 431 g/mol. The van der Waals surface area contributed by atoms with Crippen LogP contribution in [0.15, 0.2) is 42.5 Å². The van der Waals surface area contributed by atoms with Crippen molar-refractivity contribution in [1.82, 2.24) is 9.80 Å². The molecule has 32 heavy (non-hydrogen) atoms. The van der Waals surface area contributed by atoms with Gasteiger partial charge in [-0.05, 0) is 42.5 Å². The number of amides is 2. The van der Waals surface area contributed by atoms with Gasteiger partial charge in [0.05, 0.1) is 6.54 Å². The van der Waals surface area contributed by atoms with Gasteiger partial charge in [0.2, 0.25) is 12.7 Å². The van der Waals surface area contributed by atoms with Crippen molar-refractivity contribution in [3.05, 3.63) is 48.0 Å². The molecule has 0 radical (unpaired) electrons. The fourth-order valence-corrected chi connectivity index (χ4v) is 3.46. The minimum Gasteiger partial charge on any atom is -0.454 e. The molecule has 0 saturated carbocycles. The molecule has 0 aliphatic carbocycles. The first kappa shape index (κ1) is 21.8. The number of hydrogen-bond acceptors (Lipinski definition) is 6. The fraction of sp³-hybridized carbons (Fsp3) is 0.333. The molecule has 0 unspecified atom stereocenters. The molecule has 2 heterocycles. The van der Waals surface area contributed by atoms with Gasteiger partial charge in [0, 0.05) is 37.4 Å². The van der Waals surface area contributed by atoms with Crippen LogP contribution in [0, 0.1) is 0 Å². The average Bonchev–Trinajstić information content (AvgIpc) is 3.22. The van der Waals surface area contributed by atoms with Crippen LogP contribution < -0.4 is 19.5 Å². The van der Waals surface area contributed by atoms with E-state index in [2.05, 4.69) is 10.1 Å². The second kappa shape index (κ2) is 8.95. The lowest BCUT2D eigenvalue weighted by Crippen LogP contribution is -2.50. The molecule has 11 heteroatoms. The number of halogens is 3. The summed E-state index contributed by atoms with van der Waals surface area (Å²) in [6.45, 7) is 2.20. The van der Waals surface area contributed by atoms with Crippen LogP contribution in [0.3, 0.4) is 0 Å². The van der Waals surface area contributed by atoms with Crippen LogP contribution in [0.4, 0.5) is 18.9 Å². The summed E-state index contributed by atoms with van der Waals surface area (Å²) in [5, 5.41) is 2.64. The molecule has 0 spiro atoms. The minimum atomic E-state index is -4.77. The Morgan fingerprint density at radius 1 is 0.969 bits per heavy atom. The Morgan fingerprint density at radius 3 is 2.34 bits per heavy atom. The number of carbonyl (C=O) groups excluding carboxylic acids is 2. The van der Waals surface area contributed by atoms with E-state index >= 15 is 0 Å². The number of anilines is 1. The van der Waals surface area contributed by atoms with Gasteiger partial charge in [-0.3, -0.25) is 14.5 Å². The Kier molecular flexibility index (Phi) is 6.08. The highest BCUT2D eigenvalue weighted by Gasteiger charge is 2.31. The summed E-state index contributed by atoms with van der Waals surface area (Å²) in [5.74, 6) is 0.376. The van der Waals surface area contributed by atoms with Gasteiger partial charge in [-0.2, -0.15) is 0 Å². The second-order valence-electron chi connectivity index (χ2n) is 7.26. The van der Waals surface area contributed by atoms with E-state index in [1.54, 1.807) is 23.1 Å². The largest absolute Gasteiger partial charge is 0.573 e. The van der Waals surface area contributed by atoms with Gasteiger partial charge in [0.25, 0.3) is 5.91 Å². The summed E-state index contributed by atoms with van der Waals surface area (Å²) in [4.78, 5) is 28.6. The topological polar surface area (TPSA) is 80.3 Å². The quantitative estimate of drug-likeness (QED) is 0.753. The van der Waals surface area contributed by atoms with Gasteiger partial charge in [-0.15, -0.1) is 13.2 Å². The molecule has 1 saturated heterocycles. The number of carbonyl (C=O) groups is 2. The lowest BCUT2D eigenvalue weighted by atomic mass is 10.1. The van der Waals surface area contributed by atoms with E-state index in [0.717, 1.165) is 12.1 Å². The number of alkyl halides is 3. The highest BCUT2D eigenvalue weighted by Crippen LogP contribution is 2.33. The summed E-state index contributed by atoms with van der Waals surface area (Å²) in [6, 6.07) is 9.99. The fourth-order valence-electron chi connectivity index (χ4n) is 3.46. The van der Waals surface area contributed by atoms with Crippen LogP contribution in [0.25, 0.3) is 0 Å². The molecule has 0 atom stereocenters. The zero-order chi connectivity index (χ0) is 22.7. The smallest absolute Gasteiger partial charge is 0.454 e. The summed E-state index contributed by atoms with van der Waals surface area (Å²) in [5.41, 5.74) is 0.875. The second-order valence-corrected chi connectivity index (χ2v) is 7.26. The molecule has 2 aliphatic heterocycles. The molecule has 8 nitrogen and oxygen atoms in total. The number of benzene rings is 2. The summed E-state index contributed by atoms with van der Waals surface area (Å²) in [7, 11) is 0. The van der Waals surface area contributed by atoms with Gasteiger partial charge < -0.3 is 24.4 Å². The third-order valence-electron chi connectivity index (χ3n) is 5.02. The predicted molar refractivity (Wildman–Crippen MR) is 107 cm³/mol. The van der Waals surface area contributed by atoms with Crippen LogP contribution in [0.5, 0.6) is 17.2 Å². The first-order valence-corrected chi connectivity index (χ1v) is 9.84. The first-order chi connectivity index (χ1) is 15.3. The summed E-state index contributed by atoms with van der Waals surface area (Å²) < 4.78 is 51.0. The van der Waals surface area contributed by atoms with Crippen molar-refractivity contribution in [2.24, 2.45) is 0 Å². The number of nitrogens with zero attached hydrogens (tertiary/aromatic N) is 2. The molecule has 0 aromatic heterocycles. The molecule has 2 aliphatic rings. The standard InChI is InChI=1S/C21H20F3N3O5/c22-21(23,24)32-16-4-2-15(3-5-16)25-19(28)12-26-7-9-27(10-8-26)20(29)14-1-6-17-18(11-14)31-13-30-17/h1-6,11H,7-10,12-13H2,(H,25,28). The number of hydrogen-bond donors (Lipinski definition) is 1. The predicted octanol–water partition coefficient (Wildman–Crippen LogP) is 2.71. The van der Waals surface area contributed by atoms with Gasteiger partial charge in [-0.25, -0.2) is 0 Å². The van der Waals surface area contributed by atoms with E-state index in [1.165, 1.54) is 12.1 Å². The van der Waals surface area contributed by atoms with E-state index in [-0.39, 0.29) is 30.9 Å². The number of fused-ring (bicyclic) bond motifs is 1. The Labute approximate surface area is 181 Å². The SMILES string of the molecule is O=C(CN1CCN(C(=O)c2ccc3c(c2)OCO3)CC1)Nc1ccc(OC(F)(F)F)cc1. The van der Waals surface area contributed by atoms with Crippen molar-refractivity contribution in [3.63, 3.8) is 0 Å². The van der Waals surface area contributed by atoms with Crippen LogP contribution >= 0.6 is 0 Å². The van der Waals surface area contributed by atoms with Gasteiger partial charge in [0.1, 0.15) is 5.75 Å². The molecule has 0 bridgehead atoms. The van der Waals surface area contributed by atoms with E-state index in [4.69, 9.17) is 9.47 Å². The van der Waals surface area contributed by atoms with Crippen molar-refractivity contribution in [2.45, 2.75) is 6.36 Å². The van der Waals surface area contributed by atoms with Gasteiger partial charge in [-0.1, -0.05) is 0 Å². The third-order valence-corrected chi connectivity index (χ3v) is 5.02. The summed E-state index contributed by atoms with van der Waals surface area (Å²) in [6.07, 6.45) is -4.77. The van der Waals surface area contributed by atoms with E-state index in [9.17, 15) is 22.8 Å². The molecular formula is C21H20F3N3O5.